The molecule has 0 heterocycles. The van der Waals surface area contributed by atoms with E-state index in [4.69, 9.17) is 4.74 Å². The Balaban J connectivity index is 1.60. The number of benzene rings is 1. The van der Waals surface area contributed by atoms with Crippen molar-refractivity contribution in [1.29, 1.82) is 0 Å². The second kappa shape index (κ2) is 6.55. The maximum atomic E-state index is 9.78. The number of aliphatic hydroxyl groups is 1. The van der Waals surface area contributed by atoms with Crippen molar-refractivity contribution in [3.05, 3.63) is 28.7 Å². The molecule has 0 amide bonds. The minimum absolute atomic E-state index is 0.323. The smallest absolute Gasteiger partial charge is 0.120 e. The van der Waals surface area contributed by atoms with Gasteiger partial charge in [0.05, 0.1) is 0 Å². The molecule has 3 atom stereocenters. The second-order valence-corrected chi connectivity index (χ2v) is 5.97. The predicted molar refractivity (Wildman–Crippen MR) is 75.8 cm³/mol. The summed E-state index contributed by atoms with van der Waals surface area (Å²) in [7, 11) is 0. The van der Waals surface area contributed by atoms with E-state index in [0.29, 0.717) is 13.2 Å². The molecule has 0 radical (unpaired) electrons. The number of nitrogens with one attached hydrogen (secondary N) is 1. The van der Waals surface area contributed by atoms with Crippen LogP contribution in [0.25, 0.3) is 0 Å². The zero-order chi connectivity index (χ0) is 13.0. The van der Waals surface area contributed by atoms with Crippen LogP contribution in [0.1, 0.15) is 13.3 Å². The highest BCUT2D eigenvalue weighted by atomic mass is 79.9. The van der Waals surface area contributed by atoms with E-state index in [2.05, 4.69) is 28.2 Å². The molecule has 4 heteroatoms. The Labute approximate surface area is 117 Å². The fraction of sp³-hybridized carbons (Fsp3) is 0.571. The number of hydrogen-bond donors (Lipinski definition) is 2. The first-order chi connectivity index (χ1) is 8.65. The van der Waals surface area contributed by atoms with Crippen LogP contribution in [0, 0.1) is 11.8 Å². The highest BCUT2D eigenvalue weighted by Crippen LogP contribution is 2.36. The van der Waals surface area contributed by atoms with Crippen LogP contribution in [0.2, 0.25) is 0 Å². The maximum Gasteiger partial charge on any atom is 0.120 e. The van der Waals surface area contributed by atoms with Gasteiger partial charge in [0.15, 0.2) is 0 Å². The summed E-state index contributed by atoms with van der Waals surface area (Å²) in [5, 5.41) is 13.1. The normalized spacial score (nSPS) is 23.7. The average molecular weight is 314 g/mol. The van der Waals surface area contributed by atoms with E-state index in [1.54, 1.807) is 0 Å². The van der Waals surface area contributed by atoms with Crippen LogP contribution in [0.4, 0.5) is 0 Å². The van der Waals surface area contributed by atoms with Crippen LogP contribution < -0.4 is 10.1 Å². The van der Waals surface area contributed by atoms with E-state index in [9.17, 15) is 5.11 Å². The molecule has 0 aliphatic heterocycles. The highest BCUT2D eigenvalue weighted by molar-refractivity contribution is 9.10. The van der Waals surface area contributed by atoms with Gasteiger partial charge >= 0.3 is 0 Å². The fourth-order valence-corrected chi connectivity index (χ4v) is 2.31. The molecule has 1 saturated carbocycles. The first-order valence-corrected chi connectivity index (χ1v) is 7.21. The summed E-state index contributed by atoms with van der Waals surface area (Å²) in [5.41, 5.74) is 0. The number of rotatable bonds is 7. The zero-order valence-electron chi connectivity index (χ0n) is 10.6. The van der Waals surface area contributed by atoms with Crippen LogP contribution in [-0.4, -0.2) is 30.9 Å². The van der Waals surface area contributed by atoms with E-state index in [1.807, 2.05) is 24.3 Å². The van der Waals surface area contributed by atoms with Crippen molar-refractivity contribution in [2.45, 2.75) is 19.4 Å². The third-order valence-electron chi connectivity index (χ3n) is 3.30. The van der Waals surface area contributed by atoms with E-state index in [1.165, 1.54) is 6.42 Å². The lowest BCUT2D eigenvalue weighted by atomic mass is 10.3. The average Bonchev–Trinajstić information content (AvgIpc) is 3.03. The molecule has 2 rings (SSSR count). The minimum Gasteiger partial charge on any atom is -0.491 e. The molecule has 1 aromatic carbocycles. The van der Waals surface area contributed by atoms with Crippen molar-refractivity contribution in [3.8, 4) is 5.75 Å². The van der Waals surface area contributed by atoms with Crippen molar-refractivity contribution in [1.82, 2.24) is 5.32 Å². The van der Waals surface area contributed by atoms with Gasteiger partial charge in [-0.25, -0.2) is 0 Å². The van der Waals surface area contributed by atoms with E-state index in [-0.39, 0.29) is 0 Å². The Bertz CT molecular complexity index is 386. The van der Waals surface area contributed by atoms with E-state index >= 15 is 0 Å². The monoisotopic (exact) mass is 313 g/mol. The van der Waals surface area contributed by atoms with Gasteiger partial charge in [-0.3, -0.25) is 0 Å². The molecule has 0 spiro atoms. The first kappa shape index (κ1) is 13.8. The topological polar surface area (TPSA) is 41.5 Å². The highest BCUT2D eigenvalue weighted by Gasteiger charge is 2.31. The van der Waals surface area contributed by atoms with Crippen molar-refractivity contribution in [3.63, 3.8) is 0 Å². The Morgan fingerprint density at radius 3 is 3.00 bits per heavy atom. The Morgan fingerprint density at radius 1 is 1.56 bits per heavy atom. The lowest BCUT2D eigenvalue weighted by Gasteiger charge is -2.13. The van der Waals surface area contributed by atoms with E-state index < -0.39 is 6.10 Å². The third kappa shape index (κ3) is 4.59. The molecular formula is C14H20BrNO2. The van der Waals surface area contributed by atoms with Crippen LogP contribution in [-0.2, 0) is 0 Å². The fourth-order valence-electron chi connectivity index (χ4n) is 1.93. The van der Waals surface area contributed by atoms with Crippen LogP contribution >= 0.6 is 15.9 Å². The quantitative estimate of drug-likeness (QED) is 0.812. The number of aliphatic hydroxyl groups excluding tert-OH is 1. The standard InChI is InChI=1S/C14H20BrNO2/c1-10-5-11(10)7-16-8-13(17)9-18-14-4-2-3-12(15)6-14/h2-4,6,10-11,13,16-17H,5,7-9H2,1H3. The maximum absolute atomic E-state index is 9.78. The summed E-state index contributed by atoms with van der Waals surface area (Å²) < 4.78 is 6.50. The van der Waals surface area contributed by atoms with Crippen molar-refractivity contribution in [2.75, 3.05) is 19.7 Å². The summed E-state index contributed by atoms with van der Waals surface area (Å²) in [6.07, 6.45) is 0.857. The molecule has 100 valence electrons. The van der Waals surface area contributed by atoms with Crippen molar-refractivity contribution < 1.29 is 9.84 Å². The molecule has 1 fully saturated rings. The van der Waals surface area contributed by atoms with Gasteiger partial charge in [-0.2, -0.15) is 0 Å². The van der Waals surface area contributed by atoms with Crippen molar-refractivity contribution in [2.24, 2.45) is 11.8 Å². The molecule has 0 saturated heterocycles. The third-order valence-corrected chi connectivity index (χ3v) is 3.79. The van der Waals surface area contributed by atoms with Gasteiger partial charge in [0.1, 0.15) is 18.5 Å². The Kier molecular flexibility index (Phi) is 5.03. The van der Waals surface area contributed by atoms with Crippen LogP contribution in [0.3, 0.4) is 0 Å². The molecule has 2 N–H and O–H groups in total. The van der Waals surface area contributed by atoms with Gasteiger partial charge in [0, 0.05) is 11.0 Å². The Hall–Kier alpha value is -0.580. The lowest BCUT2D eigenvalue weighted by molar-refractivity contribution is 0.106. The molecule has 1 aliphatic rings. The zero-order valence-corrected chi connectivity index (χ0v) is 12.2. The van der Waals surface area contributed by atoms with Gasteiger partial charge in [0.25, 0.3) is 0 Å². The molecule has 0 aromatic heterocycles. The van der Waals surface area contributed by atoms with Gasteiger partial charge < -0.3 is 15.2 Å². The molecule has 1 aromatic rings. The molecule has 18 heavy (non-hydrogen) atoms. The van der Waals surface area contributed by atoms with Gasteiger partial charge in [-0.1, -0.05) is 28.9 Å². The van der Waals surface area contributed by atoms with Crippen molar-refractivity contribution >= 4 is 15.9 Å². The Morgan fingerprint density at radius 2 is 2.33 bits per heavy atom. The SMILES string of the molecule is CC1CC1CNCC(O)COc1cccc(Br)c1. The molecule has 3 unspecified atom stereocenters. The second-order valence-electron chi connectivity index (χ2n) is 5.05. The van der Waals surface area contributed by atoms with Crippen LogP contribution in [0.15, 0.2) is 28.7 Å². The number of hydrogen-bond acceptors (Lipinski definition) is 3. The molecular weight excluding hydrogens is 294 g/mol. The van der Waals surface area contributed by atoms with E-state index in [0.717, 1.165) is 28.6 Å². The van der Waals surface area contributed by atoms with Crippen LogP contribution in [0.5, 0.6) is 5.75 Å². The molecule has 0 bridgehead atoms. The largest absolute Gasteiger partial charge is 0.491 e. The molecule has 3 nitrogen and oxygen atoms in total. The first-order valence-electron chi connectivity index (χ1n) is 6.42. The summed E-state index contributed by atoms with van der Waals surface area (Å²) in [5.74, 6) is 2.44. The van der Waals surface area contributed by atoms with Gasteiger partial charge in [-0.15, -0.1) is 0 Å². The van der Waals surface area contributed by atoms with Gasteiger partial charge in [-0.05, 0) is 43.0 Å². The van der Waals surface area contributed by atoms with Gasteiger partial charge in [0.2, 0.25) is 0 Å². The summed E-state index contributed by atoms with van der Waals surface area (Å²) >= 11 is 3.38. The predicted octanol–water partition coefficient (Wildman–Crippen LogP) is 2.43. The summed E-state index contributed by atoms with van der Waals surface area (Å²) in [6, 6.07) is 7.64. The molecule has 1 aliphatic carbocycles. The lowest BCUT2D eigenvalue weighted by Crippen LogP contribution is -2.32. The summed E-state index contributed by atoms with van der Waals surface area (Å²) in [6.45, 7) is 4.19. The number of ether oxygens (including phenoxy) is 1. The minimum atomic E-state index is -0.460. The number of halogens is 1. The summed E-state index contributed by atoms with van der Waals surface area (Å²) in [4.78, 5) is 0.